The van der Waals surface area contributed by atoms with Gasteiger partial charge < -0.3 is 13.8 Å². The molecule has 1 fully saturated rings. The molecule has 2 aromatic rings. The van der Waals surface area contributed by atoms with Crippen LogP contribution in [0.5, 0.6) is 0 Å². The highest BCUT2D eigenvalue weighted by atomic mass is 16.5. The predicted molar refractivity (Wildman–Crippen MR) is 60.8 cm³/mol. The van der Waals surface area contributed by atoms with E-state index >= 15 is 0 Å². The van der Waals surface area contributed by atoms with Crippen molar-refractivity contribution < 1.29 is 13.7 Å². The molecular weight excluding hydrogens is 234 g/mol. The van der Waals surface area contributed by atoms with Crippen LogP contribution >= 0.6 is 0 Å². The molecule has 94 valence electrons. The van der Waals surface area contributed by atoms with Crippen LogP contribution in [-0.4, -0.2) is 27.5 Å². The molecule has 0 radical (unpaired) electrons. The molecule has 0 aromatic carbocycles. The molecule has 18 heavy (non-hydrogen) atoms. The van der Waals surface area contributed by atoms with Gasteiger partial charge in [-0.2, -0.15) is 4.98 Å². The third kappa shape index (κ3) is 1.79. The zero-order valence-corrected chi connectivity index (χ0v) is 10.00. The third-order valence-electron chi connectivity index (χ3n) is 3.07. The highest BCUT2D eigenvalue weighted by Crippen LogP contribution is 2.32. The molecule has 3 rings (SSSR count). The van der Waals surface area contributed by atoms with E-state index in [4.69, 9.17) is 8.94 Å². The van der Waals surface area contributed by atoms with E-state index in [0.29, 0.717) is 24.0 Å². The van der Waals surface area contributed by atoms with Crippen LogP contribution in [0, 0.1) is 6.92 Å². The maximum absolute atomic E-state index is 12.2. The molecule has 1 atom stereocenters. The van der Waals surface area contributed by atoms with Crippen molar-refractivity contribution in [2.24, 2.45) is 0 Å². The van der Waals surface area contributed by atoms with Crippen LogP contribution in [0.1, 0.15) is 41.2 Å². The fourth-order valence-corrected chi connectivity index (χ4v) is 2.26. The number of carbonyl (C=O) groups is 1. The first-order valence-electron chi connectivity index (χ1n) is 5.90. The van der Waals surface area contributed by atoms with Crippen molar-refractivity contribution >= 4 is 5.91 Å². The van der Waals surface area contributed by atoms with Gasteiger partial charge in [0.05, 0.1) is 6.26 Å². The maximum Gasteiger partial charge on any atom is 0.290 e. The molecule has 6 heteroatoms. The fourth-order valence-electron chi connectivity index (χ4n) is 2.26. The summed E-state index contributed by atoms with van der Waals surface area (Å²) >= 11 is 0. The first-order chi connectivity index (χ1) is 8.75. The lowest BCUT2D eigenvalue weighted by atomic mass is 10.2. The van der Waals surface area contributed by atoms with Gasteiger partial charge >= 0.3 is 0 Å². The SMILES string of the molecule is Cc1noc(C2CCCN2C(=O)c2ccco2)n1. The molecule has 1 saturated heterocycles. The molecule has 1 aliphatic rings. The minimum Gasteiger partial charge on any atom is -0.459 e. The van der Waals surface area contributed by atoms with E-state index < -0.39 is 0 Å². The Hall–Kier alpha value is -2.11. The van der Waals surface area contributed by atoms with Crippen molar-refractivity contribution in [2.45, 2.75) is 25.8 Å². The van der Waals surface area contributed by atoms with E-state index in [1.807, 2.05) is 0 Å². The zero-order valence-electron chi connectivity index (χ0n) is 10.00. The molecule has 2 aromatic heterocycles. The molecule has 1 unspecified atom stereocenters. The maximum atomic E-state index is 12.2. The number of nitrogens with zero attached hydrogens (tertiary/aromatic N) is 3. The lowest BCUT2D eigenvalue weighted by Crippen LogP contribution is -2.30. The molecule has 0 spiro atoms. The summed E-state index contributed by atoms with van der Waals surface area (Å²) in [7, 11) is 0. The van der Waals surface area contributed by atoms with Crippen molar-refractivity contribution in [3.63, 3.8) is 0 Å². The lowest BCUT2D eigenvalue weighted by Gasteiger charge is -2.20. The van der Waals surface area contributed by atoms with Crippen LogP contribution in [0.4, 0.5) is 0 Å². The van der Waals surface area contributed by atoms with Crippen molar-refractivity contribution in [3.05, 3.63) is 35.9 Å². The minimum absolute atomic E-state index is 0.127. The zero-order chi connectivity index (χ0) is 12.5. The molecule has 1 amide bonds. The summed E-state index contributed by atoms with van der Waals surface area (Å²) in [4.78, 5) is 18.2. The summed E-state index contributed by atoms with van der Waals surface area (Å²) in [6, 6.07) is 3.23. The van der Waals surface area contributed by atoms with Gasteiger partial charge in [0.15, 0.2) is 11.6 Å². The van der Waals surface area contributed by atoms with E-state index in [-0.39, 0.29) is 11.9 Å². The molecule has 3 heterocycles. The number of rotatable bonds is 2. The second-order valence-electron chi connectivity index (χ2n) is 4.31. The van der Waals surface area contributed by atoms with Gasteiger partial charge in [-0.15, -0.1) is 0 Å². The van der Waals surface area contributed by atoms with Gasteiger partial charge in [0.2, 0.25) is 5.89 Å². The summed E-state index contributed by atoms with van der Waals surface area (Å²) in [6.45, 7) is 2.45. The molecular formula is C12H13N3O3. The summed E-state index contributed by atoms with van der Waals surface area (Å²) in [5.41, 5.74) is 0. The van der Waals surface area contributed by atoms with Gasteiger partial charge in [-0.1, -0.05) is 5.16 Å². The number of likely N-dealkylation sites (tertiary alicyclic amines) is 1. The van der Waals surface area contributed by atoms with Crippen LogP contribution < -0.4 is 0 Å². The molecule has 6 nitrogen and oxygen atoms in total. The highest BCUT2D eigenvalue weighted by molar-refractivity contribution is 5.91. The Labute approximate surface area is 104 Å². The second-order valence-corrected chi connectivity index (χ2v) is 4.31. The molecule has 0 aliphatic carbocycles. The Kier molecular flexibility index (Phi) is 2.62. The van der Waals surface area contributed by atoms with Crippen LogP contribution in [0.3, 0.4) is 0 Å². The van der Waals surface area contributed by atoms with E-state index in [1.165, 1.54) is 6.26 Å². The standard InChI is InChI=1S/C12H13N3O3/c1-8-13-11(18-14-8)9-4-2-6-15(9)12(16)10-5-3-7-17-10/h3,5,7,9H,2,4,6H2,1H3. The van der Waals surface area contributed by atoms with Crippen LogP contribution in [0.2, 0.25) is 0 Å². The van der Waals surface area contributed by atoms with Gasteiger partial charge in [0.25, 0.3) is 5.91 Å². The third-order valence-corrected chi connectivity index (χ3v) is 3.07. The Bertz CT molecular complexity index is 547. The van der Waals surface area contributed by atoms with Gasteiger partial charge in [0.1, 0.15) is 6.04 Å². The summed E-state index contributed by atoms with van der Waals surface area (Å²) in [5, 5.41) is 3.77. The number of furan rings is 1. The van der Waals surface area contributed by atoms with E-state index in [1.54, 1.807) is 24.0 Å². The number of aromatic nitrogens is 2. The van der Waals surface area contributed by atoms with E-state index in [9.17, 15) is 4.79 Å². The smallest absolute Gasteiger partial charge is 0.290 e. The average Bonchev–Trinajstić information content (AvgIpc) is 3.09. The van der Waals surface area contributed by atoms with E-state index in [0.717, 1.165) is 12.8 Å². The van der Waals surface area contributed by atoms with Gasteiger partial charge in [-0.05, 0) is 31.9 Å². The summed E-state index contributed by atoms with van der Waals surface area (Å²) < 4.78 is 10.3. The van der Waals surface area contributed by atoms with Gasteiger partial charge in [-0.25, -0.2) is 0 Å². The summed E-state index contributed by atoms with van der Waals surface area (Å²) in [6.07, 6.45) is 3.27. The fraction of sp³-hybridized carbons (Fsp3) is 0.417. The predicted octanol–water partition coefficient (Wildman–Crippen LogP) is 1.95. The Morgan fingerprint density at radius 2 is 2.44 bits per heavy atom. The highest BCUT2D eigenvalue weighted by Gasteiger charge is 2.35. The number of amides is 1. The first-order valence-corrected chi connectivity index (χ1v) is 5.90. The quantitative estimate of drug-likeness (QED) is 0.811. The largest absolute Gasteiger partial charge is 0.459 e. The van der Waals surface area contributed by atoms with Crippen molar-refractivity contribution in [1.82, 2.24) is 15.0 Å². The monoisotopic (exact) mass is 247 g/mol. The minimum atomic E-state index is -0.135. The average molecular weight is 247 g/mol. The summed E-state index contributed by atoms with van der Waals surface area (Å²) in [5.74, 6) is 1.31. The van der Waals surface area contributed by atoms with Gasteiger partial charge in [0, 0.05) is 6.54 Å². The first kappa shape index (κ1) is 11.0. The Morgan fingerprint density at radius 3 is 3.11 bits per heavy atom. The Balaban J connectivity index is 1.85. The molecule has 0 N–H and O–H groups in total. The van der Waals surface area contributed by atoms with Crippen molar-refractivity contribution in [1.29, 1.82) is 0 Å². The lowest BCUT2D eigenvalue weighted by molar-refractivity contribution is 0.0678. The van der Waals surface area contributed by atoms with Crippen LogP contribution in [0.25, 0.3) is 0 Å². The second kappa shape index (κ2) is 4.29. The number of carbonyl (C=O) groups excluding carboxylic acids is 1. The van der Waals surface area contributed by atoms with Crippen LogP contribution in [0.15, 0.2) is 27.3 Å². The van der Waals surface area contributed by atoms with Crippen LogP contribution in [-0.2, 0) is 0 Å². The molecule has 0 saturated carbocycles. The molecule has 0 bridgehead atoms. The van der Waals surface area contributed by atoms with E-state index in [2.05, 4.69) is 10.1 Å². The Morgan fingerprint density at radius 1 is 1.56 bits per heavy atom. The number of hydrogen-bond acceptors (Lipinski definition) is 5. The van der Waals surface area contributed by atoms with Crippen molar-refractivity contribution in [2.75, 3.05) is 6.54 Å². The number of hydrogen-bond donors (Lipinski definition) is 0. The topological polar surface area (TPSA) is 72.4 Å². The number of aryl methyl sites for hydroxylation is 1. The molecule has 1 aliphatic heterocycles. The van der Waals surface area contributed by atoms with Gasteiger partial charge in [-0.3, -0.25) is 4.79 Å². The van der Waals surface area contributed by atoms with Crippen molar-refractivity contribution in [3.8, 4) is 0 Å². The normalized spacial score (nSPS) is 19.4.